The summed E-state index contributed by atoms with van der Waals surface area (Å²) >= 11 is 4.01. The summed E-state index contributed by atoms with van der Waals surface area (Å²) in [6.45, 7) is 0.126. The molecule has 0 spiro atoms. The van der Waals surface area contributed by atoms with Gasteiger partial charge in [-0.05, 0) is 35.9 Å². The molecule has 0 aliphatic carbocycles. The predicted octanol–water partition coefficient (Wildman–Crippen LogP) is 3.83. The van der Waals surface area contributed by atoms with E-state index in [2.05, 4.69) is 12.6 Å². The van der Waals surface area contributed by atoms with Gasteiger partial charge >= 0.3 is 0 Å². The van der Waals surface area contributed by atoms with Crippen molar-refractivity contribution in [2.45, 2.75) is 11.5 Å². The minimum atomic E-state index is -0.478. The molecule has 2 aromatic rings. The second-order valence-electron chi connectivity index (χ2n) is 3.53. The molecule has 4 heteroatoms. The minimum Gasteiger partial charge on any atom is -0.486 e. The quantitative estimate of drug-likeness (QED) is 0.817. The number of hydrogen-bond acceptors (Lipinski definition) is 2. The van der Waals surface area contributed by atoms with E-state index in [1.54, 1.807) is 18.2 Å². The van der Waals surface area contributed by atoms with Crippen LogP contribution in [0.2, 0.25) is 0 Å². The van der Waals surface area contributed by atoms with E-state index in [4.69, 9.17) is 4.74 Å². The van der Waals surface area contributed by atoms with E-state index in [0.717, 1.165) is 0 Å². The fourth-order valence-electron chi connectivity index (χ4n) is 1.39. The van der Waals surface area contributed by atoms with E-state index in [1.165, 1.54) is 24.3 Å². The first-order valence-corrected chi connectivity index (χ1v) is 5.45. The lowest BCUT2D eigenvalue weighted by molar-refractivity contribution is 0.289. The topological polar surface area (TPSA) is 9.23 Å². The highest BCUT2D eigenvalue weighted by Crippen LogP contribution is 2.21. The number of hydrogen-bond donors (Lipinski definition) is 1. The second kappa shape index (κ2) is 5.19. The monoisotopic (exact) mass is 252 g/mol. The van der Waals surface area contributed by atoms with Crippen LogP contribution in [0.5, 0.6) is 5.75 Å². The van der Waals surface area contributed by atoms with Gasteiger partial charge < -0.3 is 4.74 Å². The highest BCUT2D eigenvalue weighted by atomic mass is 32.1. The van der Waals surface area contributed by atoms with Gasteiger partial charge in [0.25, 0.3) is 0 Å². The van der Waals surface area contributed by atoms with E-state index in [9.17, 15) is 8.78 Å². The van der Waals surface area contributed by atoms with E-state index in [1.807, 2.05) is 0 Å². The summed E-state index contributed by atoms with van der Waals surface area (Å²) in [5.41, 5.74) is 0.652. The summed E-state index contributed by atoms with van der Waals surface area (Å²) < 4.78 is 31.5. The molecular formula is C13H10F2OS. The molecule has 0 saturated carbocycles. The van der Waals surface area contributed by atoms with Gasteiger partial charge in [-0.1, -0.05) is 12.1 Å². The standard InChI is InChI=1S/C13H10F2OS/c14-10-3-1-2-9(6-10)8-16-13-5-4-11(17)7-12(13)15/h1-7,17H,8H2. The van der Waals surface area contributed by atoms with E-state index >= 15 is 0 Å². The summed E-state index contributed by atoms with van der Waals surface area (Å²) in [6.07, 6.45) is 0. The van der Waals surface area contributed by atoms with Crippen LogP contribution in [0.15, 0.2) is 47.4 Å². The lowest BCUT2D eigenvalue weighted by atomic mass is 10.2. The molecule has 0 N–H and O–H groups in total. The summed E-state index contributed by atoms with van der Waals surface area (Å²) in [5, 5.41) is 0. The number of ether oxygens (including phenoxy) is 1. The lowest BCUT2D eigenvalue weighted by Crippen LogP contribution is -1.97. The van der Waals surface area contributed by atoms with Crippen molar-refractivity contribution in [2.75, 3.05) is 0 Å². The SMILES string of the molecule is Fc1cccc(COc2ccc(S)cc2F)c1. The van der Waals surface area contributed by atoms with Crippen LogP contribution in [-0.2, 0) is 6.61 Å². The summed E-state index contributed by atoms with van der Waals surface area (Å²) in [7, 11) is 0. The fraction of sp³-hybridized carbons (Fsp3) is 0.0769. The molecule has 17 heavy (non-hydrogen) atoms. The Balaban J connectivity index is 2.07. The van der Waals surface area contributed by atoms with Gasteiger partial charge in [-0.3, -0.25) is 0 Å². The third-order valence-electron chi connectivity index (χ3n) is 2.20. The zero-order valence-corrected chi connectivity index (χ0v) is 9.75. The summed E-state index contributed by atoms with van der Waals surface area (Å²) in [4.78, 5) is 0.528. The van der Waals surface area contributed by atoms with Crippen LogP contribution < -0.4 is 4.74 Å². The Morgan fingerprint density at radius 1 is 1.06 bits per heavy atom. The van der Waals surface area contributed by atoms with Crippen molar-refractivity contribution in [3.05, 3.63) is 59.7 Å². The first kappa shape index (κ1) is 11.9. The van der Waals surface area contributed by atoms with Gasteiger partial charge in [0.2, 0.25) is 0 Å². The molecule has 2 rings (SSSR count). The average molecular weight is 252 g/mol. The molecule has 0 amide bonds. The van der Waals surface area contributed by atoms with Gasteiger partial charge in [-0.15, -0.1) is 12.6 Å². The fourth-order valence-corrected chi connectivity index (χ4v) is 1.58. The van der Waals surface area contributed by atoms with Crippen LogP contribution in [0.1, 0.15) is 5.56 Å². The van der Waals surface area contributed by atoms with Crippen molar-refractivity contribution in [3.8, 4) is 5.75 Å². The highest BCUT2D eigenvalue weighted by molar-refractivity contribution is 7.80. The largest absolute Gasteiger partial charge is 0.486 e. The first-order chi connectivity index (χ1) is 8.15. The van der Waals surface area contributed by atoms with E-state index in [-0.39, 0.29) is 18.2 Å². The van der Waals surface area contributed by atoms with Crippen molar-refractivity contribution >= 4 is 12.6 Å². The molecular weight excluding hydrogens is 242 g/mol. The Hall–Kier alpha value is -1.55. The van der Waals surface area contributed by atoms with Crippen LogP contribution in [0, 0.1) is 11.6 Å². The Morgan fingerprint density at radius 2 is 1.88 bits per heavy atom. The summed E-state index contributed by atoms with van der Waals surface area (Å²) in [5.74, 6) is -0.682. The normalized spacial score (nSPS) is 10.3. The van der Waals surface area contributed by atoms with Gasteiger partial charge in [0.1, 0.15) is 12.4 Å². The zero-order valence-electron chi connectivity index (χ0n) is 8.86. The van der Waals surface area contributed by atoms with Crippen LogP contribution in [0.3, 0.4) is 0 Å². The highest BCUT2D eigenvalue weighted by Gasteiger charge is 2.04. The molecule has 88 valence electrons. The zero-order chi connectivity index (χ0) is 12.3. The van der Waals surface area contributed by atoms with E-state index in [0.29, 0.717) is 10.5 Å². The molecule has 0 aromatic heterocycles. The minimum absolute atomic E-state index is 0.126. The van der Waals surface area contributed by atoms with Crippen LogP contribution >= 0.6 is 12.6 Å². The van der Waals surface area contributed by atoms with Crippen molar-refractivity contribution in [2.24, 2.45) is 0 Å². The molecule has 2 aromatic carbocycles. The number of rotatable bonds is 3. The third-order valence-corrected chi connectivity index (χ3v) is 2.48. The predicted molar refractivity (Wildman–Crippen MR) is 64.4 cm³/mol. The maximum atomic E-state index is 13.4. The Kier molecular flexibility index (Phi) is 3.64. The molecule has 0 heterocycles. The molecule has 0 bridgehead atoms. The first-order valence-electron chi connectivity index (χ1n) is 5.01. The maximum Gasteiger partial charge on any atom is 0.166 e. The molecule has 0 unspecified atom stereocenters. The van der Waals surface area contributed by atoms with Gasteiger partial charge in [-0.25, -0.2) is 8.78 Å². The van der Waals surface area contributed by atoms with Gasteiger partial charge in [0, 0.05) is 4.90 Å². The van der Waals surface area contributed by atoms with Crippen molar-refractivity contribution in [3.63, 3.8) is 0 Å². The Bertz CT molecular complexity index is 529. The second-order valence-corrected chi connectivity index (χ2v) is 4.05. The molecule has 0 atom stereocenters. The third kappa shape index (κ3) is 3.20. The smallest absolute Gasteiger partial charge is 0.166 e. The summed E-state index contributed by atoms with van der Waals surface area (Å²) in [6, 6.07) is 10.4. The molecule has 0 aliphatic rings. The Labute approximate surface area is 103 Å². The molecule has 0 radical (unpaired) electrons. The number of thiol groups is 1. The van der Waals surface area contributed by atoms with Gasteiger partial charge in [-0.2, -0.15) is 0 Å². The van der Waals surface area contributed by atoms with Crippen molar-refractivity contribution < 1.29 is 13.5 Å². The van der Waals surface area contributed by atoms with Crippen LogP contribution in [-0.4, -0.2) is 0 Å². The van der Waals surface area contributed by atoms with Crippen LogP contribution in [0.4, 0.5) is 8.78 Å². The van der Waals surface area contributed by atoms with E-state index < -0.39 is 5.82 Å². The number of benzene rings is 2. The van der Waals surface area contributed by atoms with Crippen molar-refractivity contribution in [1.82, 2.24) is 0 Å². The van der Waals surface area contributed by atoms with Gasteiger partial charge in [0.05, 0.1) is 0 Å². The lowest BCUT2D eigenvalue weighted by Gasteiger charge is -2.07. The van der Waals surface area contributed by atoms with Crippen molar-refractivity contribution in [1.29, 1.82) is 0 Å². The maximum absolute atomic E-state index is 13.4. The number of halogens is 2. The average Bonchev–Trinajstić information content (AvgIpc) is 2.28. The molecule has 0 aliphatic heterocycles. The molecule has 0 saturated heterocycles. The molecule has 1 nitrogen and oxygen atoms in total. The molecule has 0 fully saturated rings. The van der Waals surface area contributed by atoms with Crippen LogP contribution in [0.25, 0.3) is 0 Å². The van der Waals surface area contributed by atoms with Gasteiger partial charge in [0.15, 0.2) is 11.6 Å². The Morgan fingerprint density at radius 3 is 2.59 bits per heavy atom.